The smallest absolute Gasteiger partial charge is 0.246 e. The van der Waals surface area contributed by atoms with Gasteiger partial charge >= 0.3 is 0 Å². The van der Waals surface area contributed by atoms with Crippen LogP contribution in [0.25, 0.3) is 0 Å². The van der Waals surface area contributed by atoms with Crippen molar-refractivity contribution in [3.8, 4) is 0 Å². The number of ether oxygens (including phenoxy) is 4. The molecule has 0 bridgehead atoms. The lowest BCUT2D eigenvalue weighted by atomic mass is 10.1. The van der Waals surface area contributed by atoms with E-state index in [9.17, 15) is 9.59 Å². The number of carbonyl (C=O) groups excluding carboxylic acids is 2. The molecule has 0 aromatic rings. The molecule has 0 saturated carbocycles. The number of likely N-dealkylation sites (N-methyl/N-ethyl adjacent to an activating group) is 1. The second-order valence-corrected chi connectivity index (χ2v) is 5.40. The fourth-order valence-corrected chi connectivity index (χ4v) is 1.43. The third-order valence-corrected chi connectivity index (χ3v) is 2.93. The van der Waals surface area contributed by atoms with Gasteiger partial charge in [-0.15, -0.1) is 0 Å². The highest BCUT2D eigenvalue weighted by molar-refractivity contribution is 5.81. The summed E-state index contributed by atoms with van der Waals surface area (Å²) in [5.41, 5.74) is 0. The van der Waals surface area contributed by atoms with Crippen LogP contribution in [-0.2, 0) is 28.5 Å². The van der Waals surface area contributed by atoms with E-state index in [2.05, 4.69) is 10.6 Å². The Hall–Kier alpha value is -1.06. The van der Waals surface area contributed by atoms with E-state index in [-0.39, 0.29) is 30.8 Å². The highest BCUT2D eigenvalue weighted by Gasteiger charge is 2.06. The minimum atomic E-state index is -0.187. The summed E-state index contributed by atoms with van der Waals surface area (Å²) in [7, 11) is 1.86. The lowest BCUT2D eigenvalue weighted by Gasteiger charge is -2.08. The molecule has 1 amide bonds. The van der Waals surface area contributed by atoms with Crippen LogP contribution in [0.1, 0.15) is 13.8 Å². The molecular weight excluding hydrogens is 316 g/mol. The Morgan fingerprint density at radius 1 is 0.792 bits per heavy atom. The third kappa shape index (κ3) is 15.8. The minimum Gasteiger partial charge on any atom is -0.378 e. The molecule has 0 fully saturated rings. The van der Waals surface area contributed by atoms with E-state index in [1.54, 1.807) is 0 Å². The standard InChI is InChI=1S/C16H32N2O6/c1-14(2)15(19)12-23-10-8-22-7-5-18-16(20)13-24-11-9-21-6-4-17-3/h14,17H,4-13H2,1-3H3,(H,18,20). The largest absolute Gasteiger partial charge is 0.378 e. The van der Waals surface area contributed by atoms with Gasteiger partial charge < -0.3 is 29.6 Å². The van der Waals surface area contributed by atoms with E-state index in [0.717, 1.165) is 6.54 Å². The normalized spacial score (nSPS) is 11.0. The van der Waals surface area contributed by atoms with Crippen molar-refractivity contribution < 1.29 is 28.5 Å². The van der Waals surface area contributed by atoms with Crippen LogP contribution in [-0.4, -0.2) is 84.7 Å². The van der Waals surface area contributed by atoms with Gasteiger partial charge in [-0.2, -0.15) is 0 Å². The third-order valence-electron chi connectivity index (χ3n) is 2.93. The number of hydrogen-bond acceptors (Lipinski definition) is 7. The molecule has 0 heterocycles. The highest BCUT2D eigenvalue weighted by atomic mass is 16.5. The maximum absolute atomic E-state index is 11.4. The molecule has 0 aromatic carbocycles. The molecule has 0 aliphatic heterocycles. The topological polar surface area (TPSA) is 95.1 Å². The van der Waals surface area contributed by atoms with Gasteiger partial charge in [-0.1, -0.05) is 13.8 Å². The molecule has 0 unspecified atom stereocenters. The zero-order valence-corrected chi connectivity index (χ0v) is 15.1. The Morgan fingerprint density at radius 3 is 1.92 bits per heavy atom. The van der Waals surface area contributed by atoms with E-state index >= 15 is 0 Å². The van der Waals surface area contributed by atoms with Crippen LogP contribution < -0.4 is 10.6 Å². The average Bonchev–Trinajstić information content (AvgIpc) is 2.56. The Balaban J connectivity index is 3.24. The fraction of sp³-hybridized carbons (Fsp3) is 0.875. The Kier molecular flexibility index (Phi) is 16.0. The van der Waals surface area contributed by atoms with Crippen molar-refractivity contribution in [2.24, 2.45) is 5.92 Å². The number of rotatable bonds is 17. The first-order chi connectivity index (χ1) is 11.6. The van der Waals surface area contributed by atoms with Gasteiger partial charge in [0, 0.05) is 19.0 Å². The van der Waals surface area contributed by atoms with Crippen LogP contribution in [0, 0.1) is 5.92 Å². The second-order valence-electron chi connectivity index (χ2n) is 5.40. The zero-order valence-electron chi connectivity index (χ0n) is 15.1. The Bertz CT molecular complexity index is 326. The van der Waals surface area contributed by atoms with Crippen molar-refractivity contribution in [1.82, 2.24) is 10.6 Å². The fourth-order valence-electron chi connectivity index (χ4n) is 1.43. The van der Waals surface area contributed by atoms with Crippen LogP contribution in [0.5, 0.6) is 0 Å². The number of ketones is 1. The second kappa shape index (κ2) is 16.8. The molecule has 0 aliphatic carbocycles. The van der Waals surface area contributed by atoms with Crippen molar-refractivity contribution >= 4 is 11.7 Å². The molecule has 8 heteroatoms. The van der Waals surface area contributed by atoms with Crippen LogP contribution >= 0.6 is 0 Å². The first kappa shape index (κ1) is 22.9. The van der Waals surface area contributed by atoms with Gasteiger partial charge in [-0.3, -0.25) is 9.59 Å². The number of Topliss-reactive ketones (excluding diaryl/α,β-unsaturated/α-hetero) is 1. The predicted molar refractivity (Wildman–Crippen MR) is 90.1 cm³/mol. The summed E-state index contributed by atoms with van der Waals surface area (Å²) in [6.45, 7) is 7.63. The SMILES string of the molecule is CNCCOCCOCC(=O)NCCOCCOCC(=O)C(C)C. The van der Waals surface area contributed by atoms with Crippen LogP contribution in [0.2, 0.25) is 0 Å². The Labute approximate surface area is 144 Å². The van der Waals surface area contributed by atoms with E-state index in [1.807, 2.05) is 20.9 Å². The summed E-state index contributed by atoms with van der Waals surface area (Å²) < 4.78 is 20.9. The molecule has 0 rings (SSSR count). The summed E-state index contributed by atoms with van der Waals surface area (Å²) in [5, 5.41) is 5.65. The summed E-state index contributed by atoms with van der Waals surface area (Å²) >= 11 is 0. The molecule has 0 spiro atoms. The first-order valence-electron chi connectivity index (χ1n) is 8.33. The molecule has 142 valence electrons. The van der Waals surface area contributed by atoms with E-state index in [4.69, 9.17) is 18.9 Å². The highest BCUT2D eigenvalue weighted by Crippen LogP contribution is 1.94. The number of carbonyl (C=O) groups is 2. The number of hydrogen-bond donors (Lipinski definition) is 2. The molecule has 24 heavy (non-hydrogen) atoms. The molecule has 0 aromatic heterocycles. The predicted octanol–water partition coefficient (Wildman–Crippen LogP) is -0.386. The van der Waals surface area contributed by atoms with E-state index in [1.165, 1.54) is 0 Å². The minimum absolute atomic E-state index is 0.00973. The zero-order chi connectivity index (χ0) is 18.0. The van der Waals surface area contributed by atoms with E-state index in [0.29, 0.717) is 46.2 Å². The van der Waals surface area contributed by atoms with Crippen LogP contribution in [0.4, 0.5) is 0 Å². The van der Waals surface area contributed by atoms with Gasteiger partial charge in [0.2, 0.25) is 5.91 Å². The number of amides is 1. The van der Waals surface area contributed by atoms with Gasteiger partial charge in [0.25, 0.3) is 0 Å². The maximum Gasteiger partial charge on any atom is 0.246 e. The maximum atomic E-state index is 11.4. The van der Waals surface area contributed by atoms with E-state index < -0.39 is 0 Å². The molecule has 8 nitrogen and oxygen atoms in total. The van der Waals surface area contributed by atoms with Crippen molar-refractivity contribution in [3.05, 3.63) is 0 Å². The van der Waals surface area contributed by atoms with Crippen molar-refractivity contribution in [3.63, 3.8) is 0 Å². The quantitative estimate of drug-likeness (QED) is 0.346. The monoisotopic (exact) mass is 348 g/mol. The van der Waals surface area contributed by atoms with Crippen molar-refractivity contribution in [2.45, 2.75) is 13.8 Å². The van der Waals surface area contributed by atoms with Crippen LogP contribution in [0.3, 0.4) is 0 Å². The molecule has 2 N–H and O–H groups in total. The van der Waals surface area contributed by atoms with Gasteiger partial charge in [0.1, 0.15) is 13.2 Å². The summed E-state index contributed by atoms with van der Waals surface area (Å²) in [6, 6.07) is 0. The van der Waals surface area contributed by atoms with Crippen molar-refractivity contribution in [2.75, 3.05) is 73.0 Å². The molecular formula is C16H32N2O6. The molecule has 0 atom stereocenters. The molecule has 0 aliphatic rings. The summed E-state index contributed by atoms with van der Waals surface area (Å²) in [5.74, 6) is -0.120. The summed E-state index contributed by atoms with van der Waals surface area (Å²) in [4.78, 5) is 22.7. The molecule has 0 radical (unpaired) electrons. The lowest BCUT2D eigenvalue weighted by molar-refractivity contribution is -0.128. The van der Waals surface area contributed by atoms with Gasteiger partial charge in [0.05, 0.1) is 39.6 Å². The molecule has 0 saturated heterocycles. The van der Waals surface area contributed by atoms with Gasteiger partial charge in [0.15, 0.2) is 5.78 Å². The number of nitrogens with one attached hydrogen (secondary N) is 2. The average molecular weight is 348 g/mol. The van der Waals surface area contributed by atoms with Gasteiger partial charge in [-0.05, 0) is 7.05 Å². The Morgan fingerprint density at radius 2 is 1.33 bits per heavy atom. The first-order valence-corrected chi connectivity index (χ1v) is 8.33. The lowest BCUT2D eigenvalue weighted by Crippen LogP contribution is -2.31. The summed E-state index contributed by atoms with van der Waals surface area (Å²) in [6.07, 6.45) is 0. The van der Waals surface area contributed by atoms with Crippen molar-refractivity contribution in [1.29, 1.82) is 0 Å². The van der Waals surface area contributed by atoms with Crippen LogP contribution in [0.15, 0.2) is 0 Å². The van der Waals surface area contributed by atoms with Gasteiger partial charge in [-0.25, -0.2) is 0 Å².